The molecular formula is C8H10FNO. The zero-order chi connectivity index (χ0) is 8.27. The molecule has 0 spiro atoms. The fourth-order valence-corrected chi connectivity index (χ4v) is 0.878. The van der Waals surface area contributed by atoms with E-state index in [2.05, 4.69) is 4.84 Å². The van der Waals surface area contributed by atoms with E-state index in [-0.39, 0.29) is 5.82 Å². The van der Waals surface area contributed by atoms with Crippen LogP contribution in [0.3, 0.4) is 0 Å². The molecule has 2 N–H and O–H groups in total. The molecule has 0 bridgehead atoms. The number of hydrogen-bond acceptors (Lipinski definition) is 2. The Bertz CT molecular complexity index is 239. The fourth-order valence-electron chi connectivity index (χ4n) is 0.878. The van der Waals surface area contributed by atoms with Crippen LogP contribution >= 0.6 is 0 Å². The van der Waals surface area contributed by atoms with E-state index < -0.39 is 6.10 Å². The summed E-state index contributed by atoms with van der Waals surface area (Å²) in [4.78, 5) is 4.48. The Morgan fingerprint density at radius 1 is 1.45 bits per heavy atom. The minimum absolute atomic E-state index is 0.287. The number of halogens is 1. The summed E-state index contributed by atoms with van der Waals surface area (Å²) in [7, 11) is 0. The van der Waals surface area contributed by atoms with Gasteiger partial charge in [-0.05, 0) is 13.0 Å². The van der Waals surface area contributed by atoms with Crippen LogP contribution in [0.25, 0.3) is 0 Å². The molecule has 0 aromatic heterocycles. The van der Waals surface area contributed by atoms with Gasteiger partial charge in [0.05, 0.1) is 0 Å². The molecule has 1 atom stereocenters. The van der Waals surface area contributed by atoms with Gasteiger partial charge >= 0.3 is 0 Å². The van der Waals surface area contributed by atoms with Crippen molar-refractivity contribution in [1.82, 2.24) is 0 Å². The third-order valence-corrected chi connectivity index (χ3v) is 1.55. The van der Waals surface area contributed by atoms with Crippen LogP contribution in [0.5, 0.6) is 0 Å². The van der Waals surface area contributed by atoms with Crippen LogP contribution in [-0.2, 0) is 4.84 Å². The van der Waals surface area contributed by atoms with Crippen molar-refractivity contribution >= 4 is 0 Å². The number of benzene rings is 1. The Kier molecular flexibility index (Phi) is 2.57. The molecule has 1 rings (SSSR count). The lowest BCUT2D eigenvalue weighted by atomic mass is 10.1. The molecule has 2 nitrogen and oxygen atoms in total. The van der Waals surface area contributed by atoms with Gasteiger partial charge in [-0.15, -0.1) is 0 Å². The number of rotatable bonds is 2. The highest BCUT2D eigenvalue weighted by Crippen LogP contribution is 2.17. The number of nitrogens with two attached hydrogens (primary N) is 1. The molecule has 0 radical (unpaired) electrons. The predicted molar refractivity (Wildman–Crippen MR) is 40.1 cm³/mol. The third-order valence-electron chi connectivity index (χ3n) is 1.55. The first-order valence-corrected chi connectivity index (χ1v) is 3.35. The van der Waals surface area contributed by atoms with Crippen molar-refractivity contribution in [3.63, 3.8) is 0 Å². The van der Waals surface area contributed by atoms with E-state index in [0.717, 1.165) is 0 Å². The van der Waals surface area contributed by atoms with Crippen LogP contribution in [0, 0.1) is 5.82 Å². The van der Waals surface area contributed by atoms with Gasteiger partial charge in [0.1, 0.15) is 11.9 Å². The molecule has 0 heterocycles. The summed E-state index contributed by atoms with van der Waals surface area (Å²) >= 11 is 0. The molecule has 0 aliphatic rings. The van der Waals surface area contributed by atoms with Crippen molar-refractivity contribution < 1.29 is 9.23 Å². The van der Waals surface area contributed by atoms with Crippen LogP contribution in [0.15, 0.2) is 24.3 Å². The lowest BCUT2D eigenvalue weighted by Crippen LogP contribution is -2.06. The minimum Gasteiger partial charge on any atom is -0.297 e. The van der Waals surface area contributed by atoms with Crippen molar-refractivity contribution in [2.75, 3.05) is 0 Å². The first-order valence-electron chi connectivity index (χ1n) is 3.35. The largest absolute Gasteiger partial charge is 0.297 e. The van der Waals surface area contributed by atoms with Crippen molar-refractivity contribution in [2.45, 2.75) is 13.0 Å². The summed E-state index contributed by atoms with van der Waals surface area (Å²) in [6, 6.07) is 6.40. The summed E-state index contributed by atoms with van der Waals surface area (Å²) in [5, 5.41) is 0. The minimum atomic E-state index is -0.392. The molecule has 0 saturated heterocycles. The Labute approximate surface area is 64.7 Å². The van der Waals surface area contributed by atoms with Crippen molar-refractivity contribution in [1.29, 1.82) is 0 Å². The second-order valence-corrected chi connectivity index (χ2v) is 2.30. The smallest absolute Gasteiger partial charge is 0.129 e. The fraction of sp³-hybridized carbons (Fsp3) is 0.250. The van der Waals surface area contributed by atoms with Crippen LogP contribution in [0.2, 0.25) is 0 Å². The highest BCUT2D eigenvalue weighted by Gasteiger charge is 2.08. The molecule has 0 aliphatic heterocycles. The highest BCUT2D eigenvalue weighted by molar-refractivity contribution is 5.19. The van der Waals surface area contributed by atoms with Crippen molar-refractivity contribution in [2.24, 2.45) is 5.90 Å². The third kappa shape index (κ3) is 1.76. The van der Waals surface area contributed by atoms with E-state index in [1.54, 1.807) is 25.1 Å². The van der Waals surface area contributed by atoms with E-state index in [1.165, 1.54) is 6.07 Å². The van der Waals surface area contributed by atoms with Gasteiger partial charge in [0.2, 0.25) is 0 Å². The second-order valence-electron chi connectivity index (χ2n) is 2.30. The van der Waals surface area contributed by atoms with E-state index in [1.807, 2.05) is 0 Å². The lowest BCUT2D eigenvalue weighted by Gasteiger charge is -2.08. The molecule has 11 heavy (non-hydrogen) atoms. The average molecular weight is 155 g/mol. The summed E-state index contributed by atoms with van der Waals surface area (Å²) in [5.41, 5.74) is 0.481. The second kappa shape index (κ2) is 3.46. The molecule has 1 aromatic rings. The molecular weight excluding hydrogens is 145 g/mol. The first-order chi connectivity index (χ1) is 5.25. The van der Waals surface area contributed by atoms with Gasteiger partial charge in [-0.25, -0.2) is 10.3 Å². The maximum Gasteiger partial charge on any atom is 0.129 e. The van der Waals surface area contributed by atoms with E-state index in [0.29, 0.717) is 5.56 Å². The maximum atomic E-state index is 12.9. The molecule has 60 valence electrons. The van der Waals surface area contributed by atoms with Gasteiger partial charge in [0.15, 0.2) is 0 Å². The zero-order valence-electron chi connectivity index (χ0n) is 6.25. The maximum absolute atomic E-state index is 12.9. The molecule has 0 amide bonds. The SMILES string of the molecule is CC(ON)c1ccccc1F. The van der Waals surface area contributed by atoms with Crippen LogP contribution in [-0.4, -0.2) is 0 Å². The molecule has 0 fully saturated rings. The van der Waals surface area contributed by atoms with E-state index >= 15 is 0 Å². The van der Waals surface area contributed by atoms with Gasteiger partial charge < -0.3 is 0 Å². The summed E-state index contributed by atoms with van der Waals surface area (Å²) in [5.74, 6) is 4.62. The summed E-state index contributed by atoms with van der Waals surface area (Å²) in [6.07, 6.45) is -0.392. The Morgan fingerprint density at radius 2 is 2.09 bits per heavy atom. The molecule has 3 heteroatoms. The summed E-state index contributed by atoms with van der Waals surface area (Å²) in [6.45, 7) is 1.69. The normalized spacial score (nSPS) is 13.0. The highest BCUT2D eigenvalue weighted by atomic mass is 19.1. The van der Waals surface area contributed by atoms with Crippen LogP contribution in [0.4, 0.5) is 4.39 Å². The van der Waals surface area contributed by atoms with Gasteiger partial charge in [-0.1, -0.05) is 18.2 Å². The number of hydrogen-bond donors (Lipinski definition) is 1. The topological polar surface area (TPSA) is 35.2 Å². The Hall–Kier alpha value is -0.930. The predicted octanol–water partition coefficient (Wildman–Crippen LogP) is 1.78. The van der Waals surface area contributed by atoms with E-state index in [9.17, 15) is 4.39 Å². The van der Waals surface area contributed by atoms with Gasteiger partial charge in [0.25, 0.3) is 0 Å². The molecule has 1 aromatic carbocycles. The summed E-state index contributed by atoms with van der Waals surface area (Å²) < 4.78 is 12.9. The molecule has 0 saturated carbocycles. The monoisotopic (exact) mass is 155 g/mol. The Morgan fingerprint density at radius 3 is 2.64 bits per heavy atom. The van der Waals surface area contributed by atoms with Crippen LogP contribution in [0.1, 0.15) is 18.6 Å². The Balaban J connectivity index is 2.93. The molecule has 0 aliphatic carbocycles. The van der Waals surface area contributed by atoms with Crippen molar-refractivity contribution in [3.8, 4) is 0 Å². The van der Waals surface area contributed by atoms with E-state index in [4.69, 9.17) is 5.90 Å². The van der Waals surface area contributed by atoms with Gasteiger partial charge in [-0.3, -0.25) is 4.84 Å². The first kappa shape index (κ1) is 8.17. The van der Waals surface area contributed by atoms with Crippen LogP contribution < -0.4 is 5.90 Å². The zero-order valence-corrected chi connectivity index (χ0v) is 6.25. The molecule has 1 unspecified atom stereocenters. The van der Waals surface area contributed by atoms with Gasteiger partial charge in [-0.2, -0.15) is 0 Å². The van der Waals surface area contributed by atoms with Crippen molar-refractivity contribution in [3.05, 3.63) is 35.6 Å². The van der Waals surface area contributed by atoms with Gasteiger partial charge in [0, 0.05) is 5.56 Å². The average Bonchev–Trinajstić information content (AvgIpc) is 2.04. The lowest BCUT2D eigenvalue weighted by molar-refractivity contribution is 0.0639. The quantitative estimate of drug-likeness (QED) is 0.660. The standard InChI is InChI=1S/C8H10FNO/c1-6(11-10)7-4-2-3-5-8(7)9/h2-6H,10H2,1H3.